The number of halogens is 2. The van der Waals surface area contributed by atoms with Crippen molar-refractivity contribution in [3.05, 3.63) is 94.4 Å². The first-order valence-electron chi connectivity index (χ1n) is 11.6. The van der Waals surface area contributed by atoms with Crippen LogP contribution in [-0.4, -0.2) is 47.7 Å². The van der Waals surface area contributed by atoms with Crippen LogP contribution in [0.3, 0.4) is 0 Å². The van der Waals surface area contributed by atoms with Gasteiger partial charge in [0.2, 0.25) is 5.82 Å². The lowest BCUT2D eigenvalue weighted by molar-refractivity contribution is 0.0684. The predicted octanol–water partition coefficient (Wildman–Crippen LogP) is 4.79. The van der Waals surface area contributed by atoms with Gasteiger partial charge in [-0.25, -0.2) is 14.2 Å². The highest BCUT2D eigenvalue weighted by atomic mass is 35.5. The molecule has 3 aromatic heterocycles. The average molecular weight is 536 g/mol. The van der Waals surface area contributed by atoms with Crippen molar-refractivity contribution in [1.82, 2.24) is 29.5 Å². The van der Waals surface area contributed by atoms with Gasteiger partial charge in [-0.3, -0.25) is 9.36 Å². The second-order valence-corrected chi connectivity index (χ2v) is 8.97. The van der Waals surface area contributed by atoms with E-state index < -0.39 is 17.6 Å². The fourth-order valence-electron chi connectivity index (χ4n) is 4.08. The summed E-state index contributed by atoms with van der Waals surface area (Å²) < 4.78 is 23.3. The SMILES string of the molecule is COc1ccc(Cl)c(CNc2nc(C(=O)O)nc3nn(Cc4ccc(C(C)n5cccn5)cc4)cc23)c1F. The van der Waals surface area contributed by atoms with Crippen molar-refractivity contribution in [2.45, 2.75) is 26.1 Å². The van der Waals surface area contributed by atoms with Crippen molar-refractivity contribution >= 4 is 34.4 Å². The van der Waals surface area contributed by atoms with E-state index in [0.717, 1.165) is 11.1 Å². The first-order valence-corrected chi connectivity index (χ1v) is 12.0. The smallest absolute Gasteiger partial charge is 0.374 e. The van der Waals surface area contributed by atoms with Gasteiger partial charge in [0.05, 0.1) is 25.1 Å². The Morgan fingerprint density at radius 3 is 2.68 bits per heavy atom. The number of nitrogens with zero attached hydrogens (tertiary/aromatic N) is 6. The van der Waals surface area contributed by atoms with Crippen LogP contribution in [-0.2, 0) is 13.1 Å². The van der Waals surface area contributed by atoms with Crippen LogP contribution in [0.15, 0.2) is 61.1 Å². The number of nitrogens with one attached hydrogen (secondary N) is 1. The Hall–Kier alpha value is -4.51. The number of carboxylic acids is 1. The minimum Gasteiger partial charge on any atom is -0.494 e. The third-order valence-corrected chi connectivity index (χ3v) is 6.50. The van der Waals surface area contributed by atoms with Gasteiger partial charge < -0.3 is 15.2 Å². The van der Waals surface area contributed by atoms with E-state index in [1.54, 1.807) is 17.1 Å². The zero-order valence-corrected chi connectivity index (χ0v) is 21.2. The van der Waals surface area contributed by atoms with E-state index in [-0.39, 0.29) is 40.4 Å². The number of methoxy groups -OCH3 is 1. The lowest BCUT2D eigenvalue weighted by atomic mass is 10.1. The maximum atomic E-state index is 14.8. The number of aromatic carboxylic acids is 1. The molecule has 5 rings (SSSR count). The van der Waals surface area contributed by atoms with E-state index in [1.165, 1.54) is 19.2 Å². The number of rotatable bonds is 9. The van der Waals surface area contributed by atoms with Crippen LogP contribution in [0.4, 0.5) is 10.2 Å². The fourth-order valence-corrected chi connectivity index (χ4v) is 4.30. The van der Waals surface area contributed by atoms with Gasteiger partial charge in [0.15, 0.2) is 17.2 Å². The Morgan fingerprint density at radius 2 is 2.00 bits per heavy atom. The number of benzene rings is 2. The van der Waals surface area contributed by atoms with Gasteiger partial charge in [-0.2, -0.15) is 15.2 Å². The van der Waals surface area contributed by atoms with E-state index in [1.807, 2.05) is 41.2 Å². The van der Waals surface area contributed by atoms with Crippen LogP contribution in [0.5, 0.6) is 5.75 Å². The fraction of sp³-hybridized carbons (Fsp3) is 0.192. The normalized spacial score (nSPS) is 12.0. The van der Waals surface area contributed by atoms with Crippen LogP contribution in [0, 0.1) is 5.82 Å². The Labute approximate surface area is 221 Å². The molecule has 0 bridgehead atoms. The highest BCUT2D eigenvalue weighted by Gasteiger charge is 2.18. The van der Waals surface area contributed by atoms with Gasteiger partial charge in [-0.05, 0) is 36.2 Å². The lowest BCUT2D eigenvalue weighted by Gasteiger charge is -2.13. The first-order chi connectivity index (χ1) is 18.3. The second-order valence-electron chi connectivity index (χ2n) is 8.56. The first kappa shape index (κ1) is 25.2. The molecule has 1 atom stereocenters. The molecule has 38 heavy (non-hydrogen) atoms. The number of hydrogen-bond acceptors (Lipinski definition) is 7. The summed E-state index contributed by atoms with van der Waals surface area (Å²) in [5.74, 6) is -2.11. The van der Waals surface area contributed by atoms with Crippen LogP contribution in [0.1, 0.15) is 40.3 Å². The quantitative estimate of drug-likeness (QED) is 0.276. The number of anilines is 1. The summed E-state index contributed by atoms with van der Waals surface area (Å²) in [5, 5.41) is 21.9. The molecule has 5 aromatic rings. The third-order valence-electron chi connectivity index (χ3n) is 6.15. The Kier molecular flexibility index (Phi) is 6.93. The molecule has 0 radical (unpaired) electrons. The second kappa shape index (κ2) is 10.5. The average Bonchev–Trinajstić information content (AvgIpc) is 3.59. The Morgan fingerprint density at radius 1 is 1.21 bits per heavy atom. The maximum Gasteiger partial charge on any atom is 0.374 e. The number of ether oxygens (including phenoxy) is 1. The number of hydrogen-bond donors (Lipinski definition) is 2. The van der Waals surface area contributed by atoms with Crippen molar-refractivity contribution < 1.29 is 19.0 Å². The third kappa shape index (κ3) is 5.00. The summed E-state index contributed by atoms with van der Waals surface area (Å²) in [6.07, 6.45) is 5.38. The lowest BCUT2D eigenvalue weighted by Crippen LogP contribution is -2.10. The van der Waals surface area contributed by atoms with E-state index in [4.69, 9.17) is 16.3 Å². The number of aromatic nitrogens is 6. The number of carbonyl (C=O) groups is 1. The van der Waals surface area contributed by atoms with Crippen molar-refractivity contribution in [3.63, 3.8) is 0 Å². The molecule has 0 amide bonds. The summed E-state index contributed by atoms with van der Waals surface area (Å²) in [6, 6.07) is 13.0. The summed E-state index contributed by atoms with van der Waals surface area (Å²) in [6.45, 7) is 2.43. The minimum absolute atomic E-state index is 0.0445. The van der Waals surface area contributed by atoms with E-state index in [9.17, 15) is 14.3 Å². The van der Waals surface area contributed by atoms with Crippen molar-refractivity contribution in [2.75, 3.05) is 12.4 Å². The highest BCUT2D eigenvalue weighted by Crippen LogP contribution is 2.29. The zero-order valence-electron chi connectivity index (χ0n) is 20.5. The number of fused-ring (bicyclic) bond motifs is 1. The summed E-state index contributed by atoms with van der Waals surface area (Å²) in [7, 11) is 1.36. The van der Waals surface area contributed by atoms with Gasteiger partial charge in [0.25, 0.3) is 0 Å². The van der Waals surface area contributed by atoms with Crippen molar-refractivity contribution in [1.29, 1.82) is 0 Å². The van der Waals surface area contributed by atoms with Gasteiger partial charge in [0.1, 0.15) is 5.82 Å². The molecule has 0 saturated carbocycles. The molecule has 0 spiro atoms. The number of carboxylic acid groups (broad SMARTS) is 1. The molecule has 3 heterocycles. The molecule has 0 aliphatic heterocycles. The van der Waals surface area contributed by atoms with Crippen LogP contribution < -0.4 is 10.1 Å². The Bertz CT molecular complexity index is 1600. The molecular formula is C26H23ClFN7O3. The van der Waals surface area contributed by atoms with Gasteiger partial charge >= 0.3 is 5.97 Å². The van der Waals surface area contributed by atoms with Crippen LogP contribution in [0.25, 0.3) is 11.0 Å². The van der Waals surface area contributed by atoms with Gasteiger partial charge in [0, 0.05) is 35.7 Å². The molecule has 12 heteroatoms. The molecule has 0 fully saturated rings. The molecule has 2 N–H and O–H groups in total. The van der Waals surface area contributed by atoms with E-state index >= 15 is 0 Å². The molecule has 2 aromatic carbocycles. The Balaban J connectivity index is 1.41. The molecule has 10 nitrogen and oxygen atoms in total. The van der Waals surface area contributed by atoms with Crippen molar-refractivity contribution in [2.24, 2.45) is 0 Å². The standard InChI is InChI=1S/C26H23ClFN7O3/c1-15(35-11-3-10-30-35)17-6-4-16(5-7-17)13-34-14-19-23(31-25(26(36)37)32-24(19)33-34)29-12-18-20(27)8-9-21(38-2)22(18)28/h3-11,14-15H,12-13H2,1-2H3,(H,36,37)(H,29,31,32,33). The highest BCUT2D eigenvalue weighted by molar-refractivity contribution is 6.31. The van der Waals surface area contributed by atoms with E-state index in [0.29, 0.717) is 11.9 Å². The summed E-state index contributed by atoms with van der Waals surface area (Å²) in [4.78, 5) is 19.8. The summed E-state index contributed by atoms with van der Waals surface area (Å²) in [5.41, 5.74) is 2.45. The van der Waals surface area contributed by atoms with Gasteiger partial charge in [-0.15, -0.1) is 0 Å². The molecule has 0 saturated heterocycles. The van der Waals surface area contributed by atoms with Crippen molar-refractivity contribution in [3.8, 4) is 5.75 Å². The van der Waals surface area contributed by atoms with E-state index in [2.05, 4.69) is 32.4 Å². The summed E-state index contributed by atoms with van der Waals surface area (Å²) >= 11 is 6.19. The minimum atomic E-state index is -1.31. The molecule has 1 unspecified atom stereocenters. The topological polar surface area (TPSA) is 120 Å². The van der Waals surface area contributed by atoms with Crippen LogP contribution >= 0.6 is 11.6 Å². The zero-order chi connectivity index (χ0) is 26.8. The molecule has 0 aliphatic rings. The van der Waals surface area contributed by atoms with Gasteiger partial charge in [-0.1, -0.05) is 35.9 Å². The molecule has 0 aliphatic carbocycles. The molecule has 194 valence electrons. The monoisotopic (exact) mass is 535 g/mol. The predicted molar refractivity (Wildman–Crippen MR) is 139 cm³/mol. The van der Waals surface area contributed by atoms with Crippen LogP contribution in [0.2, 0.25) is 5.02 Å². The molecular weight excluding hydrogens is 513 g/mol. The maximum absolute atomic E-state index is 14.8. The largest absolute Gasteiger partial charge is 0.494 e.